The summed E-state index contributed by atoms with van der Waals surface area (Å²) in [4.78, 5) is 26.6. The van der Waals surface area contributed by atoms with E-state index in [2.05, 4.69) is 16.0 Å². The number of carbonyl (C=O) groups excluding carboxylic acids is 2. The number of aromatic nitrogens is 1. The quantitative estimate of drug-likeness (QED) is 0.576. The average Bonchev–Trinajstić information content (AvgIpc) is 3.15. The van der Waals surface area contributed by atoms with Crippen molar-refractivity contribution in [2.24, 2.45) is 13.0 Å². The van der Waals surface area contributed by atoms with Crippen LogP contribution in [-0.4, -0.2) is 35.5 Å². The molecule has 3 N–H and O–H groups in total. The highest BCUT2D eigenvalue weighted by atomic mass is 16.2. The second kappa shape index (κ2) is 9.35. The van der Waals surface area contributed by atoms with Crippen molar-refractivity contribution in [1.29, 1.82) is 0 Å². The van der Waals surface area contributed by atoms with Gasteiger partial charge in [0.1, 0.15) is 6.04 Å². The van der Waals surface area contributed by atoms with Gasteiger partial charge in [0.2, 0.25) is 5.91 Å². The van der Waals surface area contributed by atoms with E-state index in [0.29, 0.717) is 5.56 Å². The van der Waals surface area contributed by atoms with E-state index in [0.717, 1.165) is 42.4 Å². The molecule has 1 aliphatic rings. The zero-order chi connectivity index (χ0) is 21.8. The second-order valence-electron chi connectivity index (χ2n) is 8.35. The number of aryl methyl sites for hydroxylation is 1. The lowest BCUT2D eigenvalue weighted by atomic mass is 9.89. The summed E-state index contributed by atoms with van der Waals surface area (Å²) in [6.45, 7) is 3.68. The molecule has 1 aromatic heterocycles. The minimum Gasteiger partial charge on any atom is -0.350 e. The van der Waals surface area contributed by atoms with Gasteiger partial charge in [-0.1, -0.05) is 48.5 Å². The molecule has 0 radical (unpaired) electrons. The van der Waals surface area contributed by atoms with E-state index in [1.54, 1.807) is 0 Å². The molecule has 1 fully saturated rings. The molecule has 6 heteroatoms. The maximum absolute atomic E-state index is 13.3. The summed E-state index contributed by atoms with van der Waals surface area (Å²) >= 11 is 0. The molecular formula is C25H30N4O2. The van der Waals surface area contributed by atoms with Gasteiger partial charge in [-0.2, -0.15) is 0 Å². The largest absolute Gasteiger partial charge is 0.350 e. The molecule has 1 saturated heterocycles. The number of nitrogens with zero attached hydrogens (tertiary/aromatic N) is 1. The fourth-order valence-electron chi connectivity index (χ4n) is 4.44. The Labute approximate surface area is 183 Å². The van der Waals surface area contributed by atoms with Gasteiger partial charge in [-0.05, 0) is 50.4 Å². The maximum Gasteiger partial charge on any atom is 0.254 e. The van der Waals surface area contributed by atoms with Gasteiger partial charge in [0.05, 0.1) is 11.6 Å². The highest BCUT2D eigenvalue weighted by Gasteiger charge is 2.32. The lowest BCUT2D eigenvalue weighted by Gasteiger charge is -2.31. The SMILES string of the molecule is CC(NC(=O)C(NC(=O)c1cn(C)c2ccccc12)C1CCNCC1)c1ccccc1. The van der Waals surface area contributed by atoms with Crippen LogP contribution in [0.4, 0.5) is 0 Å². The highest BCUT2D eigenvalue weighted by Crippen LogP contribution is 2.23. The van der Waals surface area contributed by atoms with Crippen LogP contribution >= 0.6 is 0 Å². The van der Waals surface area contributed by atoms with Gasteiger partial charge in [0, 0.05) is 24.1 Å². The van der Waals surface area contributed by atoms with Crippen LogP contribution in [0.5, 0.6) is 0 Å². The molecule has 2 amide bonds. The Morgan fingerprint density at radius 3 is 2.42 bits per heavy atom. The van der Waals surface area contributed by atoms with Crippen molar-refractivity contribution in [3.05, 3.63) is 71.9 Å². The Kier molecular flexibility index (Phi) is 6.37. The third-order valence-electron chi connectivity index (χ3n) is 6.22. The molecule has 1 aliphatic heterocycles. The number of hydrogen-bond acceptors (Lipinski definition) is 3. The van der Waals surface area contributed by atoms with Crippen LogP contribution in [0.3, 0.4) is 0 Å². The van der Waals surface area contributed by atoms with E-state index < -0.39 is 6.04 Å². The van der Waals surface area contributed by atoms with Crippen molar-refractivity contribution < 1.29 is 9.59 Å². The van der Waals surface area contributed by atoms with Gasteiger partial charge in [-0.25, -0.2) is 0 Å². The van der Waals surface area contributed by atoms with E-state index in [9.17, 15) is 9.59 Å². The molecule has 0 bridgehead atoms. The second-order valence-corrected chi connectivity index (χ2v) is 8.35. The van der Waals surface area contributed by atoms with Crippen LogP contribution in [0, 0.1) is 5.92 Å². The van der Waals surface area contributed by atoms with Crippen LogP contribution in [-0.2, 0) is 11.8 Å². The van der Waals surface area contributed by atoms with Crippen molar-refractivity contribution in [3.63, 3.8) is 0 Å². The molecule has 0 spiro atoms. The first-order chi connectivity index (χ1) is 15.0. The molecule has 162 valence electrons. The van der Waals surface area contributed by atoms with Crippen LogP contribution < -0.4 is 16.0 Å². The summed E-state index contributed by atoms with van der Waals surface area (Å²) in [5.74, 6) is -0.233. The molecule has 2 unspecified atom stereocenters. The number of fused-ring (bicyclic) bond motifs is 1. The third kappa shape index (κ3) is 4.64. The number of piperidine rings is 1. The summed E-state index contributed by atoms with van der Waals surface area (Å²) < 4.78 is 1.95. The van der Waals surface area contributed by atoms with Crippen molar-refractivity contribution >= 4 is 22.7 Å². The predicted octanol–water partition coefficient (Wildman–Crippen LogP) is 3.15. The first kappa shape index (κ1) is 21.1. The monoisotopic (exact) mass is 418 g/mol. The van der Waals surface area contributed by atoms with E-state index in [1.165, 1.54) is 0 Å². The topological polar surface area (TPSA) is 75.2 Å². The Morgan fingerprint density at radius 2 is 1.68 bits per heavy atom. The molecule has 3 aromatic rings. The summed E-state index contributed by atoms with van der Waals surface area (Å²) in [6.07, 6.45) is 3.55. The predicted molar refractivity (Wildman–Crippen MR) is 123 cm³/mol. The van der Waals surface area contributed by atoms with Gasteiger partial charge in [0.15, 0.2) is 0 Å². The van der Waals surface area contributed by atoms with Crippen LogP contribution in [0.2, 0.25) is 0 Å². The van der Waals surface area contributed by atoms with Crippen LogP contribution in [0.1, 0.15) is 41.7 Å². The Hall–Kier alpha value is -3.12. The minimum absolute atomic E-state index is 0.100. The molecule has 2 atom stereocenters. The van der Waals surface area contributed by atoms with Crippen LogP contribution in [0.25, 0.3) is 10.9 Å². The number of rotatable bonds is 6. The van der Waals surface area contributed by atoms with Gasteiger partial charge in [-0.15, -0.1) is 0 Å². The van der Waals surface area contributed by atoms with Gasteiger partial charge in [-0.3, -0.25) is 9.59 Å². The minimum atomic E-state index is -0.570. The number of benzene rings is 2. The fraction of sp³-hybridized carbons (Fsp3) is 0.360. The normalized spacial score (nSPS) is 16.6. The average molecular weight is 419 g/mol. The van der Waals surface area contributed by atoms with Crippen molar-refractivity contribution in [2.45, 2.75) is 31.8 Å². The standard InChI is InChI=1S/C25H30N4O2/c1-17(18-8-4-3-5-9-18)27-25(31)23(19-12-14-26-15-13-19)28-24(30)21-16-29(2)22-11-7-6-10-20(21)22/h3-11,16-17,19,23,26H,12-15H2,1-2H3,(H,27,31)(H,28,30). The Balaban J connectivity index is 1.56. The first-order valence-corrected chi connectivity index (χ1v) is 11.0. The zero-order valence-corrected chi connectivity index (χ0v) is 18.1. The molecule has 6 nitrogen and oxygen atoms in total. The number of amides is 2. The van der Waals surface area contributed by atoms with E-state index >= 15 is 0 Å². The fourth-order valence-corrected chi connectivity index (χ4v) is 4.44. The Morgan fingerprint density at radius 1 is 1.00 bits per heavy atom. The van der Waals surface area contributed by atoms with E-state index in [-0.39, 0.29) is 23.8 Å². The number of nitrogens with one attached hydrogen (secondary N) is 3. The summed E-state index contributed by atoms with van der Waals surface area (Å²) in [6, 6.07) is 17.0. The maximum atomic E-state index is 13.3. The van der Waals surface area contributed by atoms with Crippen LogP contribution in [0.15, 0.2) is 60.8 Å². The van der Waals surface area contributed by atoms with Gasteiger partial charge in [0.25, 0.3) is 5.91 Å². The number of hydrogen-bond donors (Lipinski definition) is 3. The molecular weight excluding hydrogens is 388 g/mol. The smallest absolute Gasteiger partial charge is 0.254 e. The molecule has 31 heavy (non-hydrogen) atoms. The van der Waals surface area contributed by atoms with E-state index in [1.807, 2.05) is 79.3 Å². The number of carbonyl (C=O) groups is 2. The lowest BCUT2D eigenvalue weighted by molar-refractivity contribution is -0.125. The summed E-state index contributed by atoms with van der Waals surface area (Å²) in [5, 5.41) is 10.4. The summed E-state index contributed by atoms with van der Waals surface area (Å²) in [7, 11) is 1.93. The summed E-state index contributed by atoms with van der Waals surface area (Å²) in [5.41, 5.74) is 2.63. The molecule has 2 heterocycles. The molecule has 4 rings (SSSR count). The van der Waals surface area contributed by atoms with Crippen molar-refractivity contribution in [3.8, 4) is 0 Å². The molecule has 2 aromatic carbocycles. The van der Waals surface area contributed by atoms with Gasteiger partial charge >= 0.3 is 0 Å². The van der Waals surface area contributed by atoms with Gasteiger partial charge < -0.3 is 20.5 Å². The number of para-hydroxylation sites is 1. The third-order valence-corrected chi connectivity index (χ3v) is 6.22. The lowest BCUT2D eigenvalue weighted by Crippen LogP contribution is -2.53. The zero-order valence-electron chi connectivity index (χ0n) is 18.1. The molecule has 0 saturated carbocycles. The van der Waals surface area contributed by atoms with Crippen molar-refractivity contribution in [1.82, 2.24) is 20.5 Å². The highest BCUT2D eigenvalue weighted by molar-refractivity contribution is 6.08. The van der Waals surface area contributed by atoms with E-state index in [4.69, 9.17) is 0 Å². The first-order valence-electron chi connectivity index (χ1n) is 11.0. The van der Waals surface area contributed by atoms with Crippen molar-refractivity contribution in [2.75, 3.05) is 13.1 Å². The molecule has 0 aliphatic carbocycles. The Bertz CT molecular complexity index is 1050.